The summed E-state index contributed by atoms with van der Waals surface area (Å²) in [4.78, 5) is 35.5. The van der Waals surface area contributed by atoms with Crippen molar-refractivity contribution in [3.05, 3.63) is 23.9 Å². The fourth-order valence-electron chi connectivity index (χ4n) is 3.78. The second-order valence-corrected chi connectivity index (χ2v) is 9.56. The van der Waals surface area contributed by atoms with Gasteiger partial charge in [-0.05, 0) is 46.8 Å². The van der Waals surface area contributed by atoms with E-state index in [2.05, 4.69) is 16.0 Å². The molecule has 3 heterocycles. The molecule has 0 unspecified atom stereocenters. The molecule has 1 aromatic heterocycles. The van der Waals surface area contributed by atoms with Gasteiger partial charge in [0.05, 0.1) is 24.3 Å². The van der Waals surface area contributed by atoms with Crippen molar-refractivity contribution in [2.75, 3.05) is 44.2 Å². The molecule has 2 fully saturated rings. The normalized spacial score (nSPS) is 21.4. The van der Waals surface area contributed by atoms with E-state index in [9.17, 15) is 9.59 Å². The van der Waals surface area contributed by atoms with Gasteiger partial charge in [0.1, 0.15) is 17.5 Å². The lowest BCUT2D eigenvalue weighted by atomic mass is 10.0. The fourth-order valence-corrected chi connectivity index (χ4v) is 3.78. The summed E-state index contributed by atoms with van der Waals surface area (Å²) in [7, 11) is 0. The molecule has 0 radical (unpaired) electrons. The highest BCUT2D eigenvalue weighted by molar-refractivity contribution is 5.82. The molecule has 2 aliphatic heterocycles. The molecule has 2 saturated heterocycles. The van der Waals surface area contributed by atoms with E-state index in [0.29, 0.717) is 38.3 Å². The van der Waals surface area contributed by atoms with Gasteiger partial charge in [-0.15, -0.1) is 0 Å². The third kappa shape index (κ3) is 5.85. The minimum absolute atomic E-state index is 0.117. The summed E-state index contributed by atoms with van der Waals surface area (Å²) in [6.07, 6.45) is 0.394. The first-order chi connectivity index (χ1) is 14.5. The number of pyridine rings is 1. The number of hydrogen-bond acceptors (Lipinski definition) is 7. The molecule has 2 amide bonds. The number of nitriles is 1. The maximum absolute atomic E-state index is 13.2. The van der Waals surface area contributed by atoms with Gasteiger partial charge in [0, 0.05) is 32.4 Å². The van der Waals surface area contributed by atoms with E-state index in [4.69, 9.17) is 14.7 Å². The quantitative estimate of drug-likeness (QED) is 0.709. The topological polar surface area (TPSA) is 99.0 Å². The van der Waals surface area contributed by atoms with Crippen LogP contribution in [0.1, 0.15) is 40.2 Å². The van der Waals surface area contributed by atoms with Crippen LogP contribution in [0.4, 0.5) is 10.6 Å². The van der Waals surface area contributed by atoms with Crippen molar-refractivity contribution in [1.29, 1.82) is 5.26 Å². The van der Waals surface area contributed by atoms with Gasteiger partial charge in [0.25, 0.3) is 5.91 Å². The van der Waals surface area contributed by atoms with Gasteiger partial charge in [-0.2, -0.15) is 5.26 Å². The Kier molecular flexibility index (Phi) is 6.41. The van der Waals surface area contributed by atoms with Crippen LogP contribution < -0.4 is 4.90 Å². The van der Waals surface area contributed by atoms with Gasteiger partial charge in [-0.25, -0.2) is 9.78 Å². The molecule has 2 aliphatic rings. The molecule has 168 valence electrons. The van der Waals surface area contributed by atoms with Crippen molar-refractivity contribution in [3.8, 4) is 6.07 Å². The van der Waals surface area contributed by atoms with Crippen LogP contribution in [0.25, 0.3) is 0 Å². The highest BCUT2D eigenvalue weighted by Crippen LogP contribution is 2.25. The Morgan fingerprint density at radius 3 is 2.42 bits per heavy atom. The van der Waals surface area contributed by atoms with E-state index in [1.807, 2.05) is 40.7 Å². The second kappa shape index (κ2) is 8.71. The summed E-state index contributed by atoms with van der Waals surface area (Å²) in [6, 6.07) is 5.62. The number of piperazine rings is 1. The number of nitrogens with zero attached hydrogens (tertiary/aromatic N) is 5. The van der Waals surface area contributed by atoms with Crippen LogP contribution in [-0.2, 0) is 14.3 Å². The van der Waals surface area contributed by atoms with Crippen LogP contribution in [0.5, 0.6) is 0 Å². The predicted octanol–water partition coefficient (Wildman–Crippen LogP) is 2.02. The first-order valence-electron chi connectivity index (χ1n) is 10.5. The zero-order chi connectivity index (χ0) is 22.8. The lowest BCUT2D eigenvalue weighted by molar-refractivity contribution is -0.170. The van der Waals surface area contributed by atoms with Crippen molar-refractivity contribution in [1.82, 2.24) is 14.8 Å². The zero-order valence-corrected chi connectivity index (χ0v) is 18.9. The Morgan fingerprint density at radius 1 is 1.19 bits per heavy atom. The lowest BCUT2D eigenvalue weighted by Gasteiger charge is -2.44. The molecule has 0 bridgehead atoms. The van der Waals surface area contributed by atoms with Crippen molar-refractivity contribution in [2.24, 2.45) is 0 Å². The molecule has 9 nitrogen and oxygen atoms in total. The number of anilines is 1. The molecular formula is C22H31N5O4. The standard InChI is InChI=1S/C22H31N5O4/c1-21(2,3)31-20(29)27-14-17(30-22(4,5)15-27)19(28)26-10-8-25(9-11-26)18-7-6-16(12-23)13-24-18/h6-7,13,17H,8-11,14-15H2,1-5H3/t17-/m0/s1. The Bertz CT molecular complexity index is 848. The van der Waals surface area contributed by atoms with Crippen molar-refractivity contribution >= 4 is 17.8 Å². The van der Waals surface area contributed by atoms with Crippen molar-refractivity contribution in [3.63, 3.8) is 0 Å². The van der Waals surface area contributed by atoms with E-state index in [0.717, 1.165) is 5.82 Å². The van der Waals surface area contributed by atoms with E-state index < -0.39 is 23.4 Å². The van der Waals surface area contributed by atoms with Crippen molar-refractivity contribution < 1.29 is 19.1 Å². The highest BCUT2D eigenvalue weighted by atomic mass is 16.6. The maximum atomic E-state index is 13.2. The first kappa shape index (κ1) is 22.8. The van der Waals surface area contributed by atoms with Crippen LogP contribution in [-0.4, -0.2) is 83.4 Å². The summed E-state index contributed by atoms with van der Waals surface area (Å²) in [5.41, 5.74) is -0.734. The summed E-state index contributed by atoms with van der Waals surface area (Å²) in [5.74, 6) is 0.672. The fraction of sp³-hybridized carbons (Fsp3) is 0.636. The number of aromatic nitrogens is 1. The van der Waals surface area contributed by atoms with E-state index in [-0.39, 0.29) is 12.5 Å². The number of morpholine rings is 1. The van der Waals surface area contributed by atoms with E-state index >= 15 is 0 Å². The number of ether oxygens (including phenoxy) is 2. The Morgan fingerprint density at radius 2 is 1.87 bits per heavy atom. The summed E-state index contributed by atoms with van der Waals surface area (Å²) >= 11 is 0. The molecule has 0 aromatic carbocycles. The Labute approximate surface area is 183 Å². The molecule has 1 atom stereocenters. The van der Waals surface area contributed by atoms with E-state index in [1.54, 1.807) is 22.1 Å². The third-order valence-electron chi connectivity index (χ3n) is 5.14. The highest BCUT2D eigenvalue weighted by Gasteiger charge is 2.42. The molecule has 0 spiro atoms. The summed E-state index contributed by atoms with van der Waals surface area (Å²) in [5, 5.41) is 8.91. The minimum Gasteiger partial charge on any atom is -0.444 e. The van der Waals surface area contributed by atoms with Gasteiger partial charge >= 0.3 is 6.09 Å². The Balaban J connectivity index is 1.61. The van der Waals surface area contributed by atoms with Crippen LogP contribution in [0.2, 0.25) is 0 Å². The molecule has 9 heteroatoms. The number of carbonyl (C=O) groups is 2. The number of hydrogen-bond donors (Lipinski definition) is 0. The molecule has 0 aliphatic carbocycles. The van der Waals surface area contributed by atoms with E-state index in [1.165, 1.54) is 0 Å². The smallest absolute Gasteiger partial charge is 0.410 e. The monoisotopic (exact) mass is 429 g/mol. The molecule has 0 saturated carbocycles. The largest absolute Gasteiger partial charge is 0.444 e. The van der Waals surface area contributed by atoms with Crippen LogP contribution >= 0.6 is 0 Å². The van der Waals surface area contributed by atoms with Gasteiger partial charge < -0.3 is 24.2 Å². The van der Waals surface area contributed by atoms with Gasteiger partial charge in [0.2, 0.25) is 0 Å². The van der Waals surface area contributed by atoms with Gasteiger partial charge in [-0.1, -0.05) is 0 Å². The number of carbonyl (C=O) groups excluding carboxylic acids is 2. The van der Waals surface area contributed by atoms with Crippen LogP contribution in [0, 0.1) is 11.3 Å². The summed E-state index contributed by atoms with van der Waals surface area (Å²) in [6.45, 7) is 12.1. The molecule has 3 rings (SSSR count). The first-order valence-corrected chi connectivity index (χ1v) is 10.5. The SMILES string of the molecule is CC(C)(C)OC(=O)N1C[C@@H](C(=O)N2CCN(c3ccc(C#N)cn3)CC2)OC(C)(C)C1. The molecule has 31 heavy (non-hydrogen) atoms. The average Bonchev–Trinajstić information content (AvgIpc) is 2.71. The summed E-state index contributed by atoms with van der Waals surface area (Å²) < 4.78 is 11.5. The predicted molar refractivity (Wildman–Crippen MR) is 115 cm³/mol. The van der Waals surface area contributed by atoms with Crippen molar-refractivity contribution in [2.45, 2.75) is 51.9 Å². The van der Waals surface area contributed by atoms with Gasteiger partial charge in [0.15, 0.2) is 6.10 Å². The Hall–Kier alpha value is -2.86. The lowest BCUT2D eigenvalue weighted by Crippen LogP contribution is -2.61. The zero-order valence-electron chi connectivity index (χ0n) is 18.9. The van der Waals surface area contributed by atoms with Crippen LogP contribution in [0.15, 0.2) is 18.3 Å². The molecule has 0 N–H and O–H groups in total. The maximum Gasteiger partial charge on any atom is 0.410 e. The minimum atomic E-state index is -0.726. The number of amides is 2. The third-order valence-corrected chi connectivity index (χ3v) is 5.14. The number of rotatable bonds is 2. The van der Waals surface area contributed by atoms with Crippen LogP contribution in [0.3, 0.4) is 0 Å². The molecule has 1 aromatic rings. The average molecular weight is 430 g/mol. The molecular weight excluding hydrogens is 398 g/mol. The second-order valence-electron chi connectivity index (χ2n) is 9.56. The van der Waals surface area contributed by atoms with Gasteiger partial charge in [-0.3, -0.25) is 4.79 Å².